The van der Waals surface area contributed by atoms with Crippen LogP contribution in [0.5, 0.6) is 5.75 Å². The van der Waals surface area contributed by atoms with E-state index in [1.54, 1.807) is 6.07 Å². The third-order valence-corrected chi connectivity index (χ3v) is 2.50. The second kappa shape index (κ2) is 2.45. The number of hydrogen-bond donors (Lipinski definition) is 0. The number of nitro groups is 1. The third-order valence-electron chi connectivity index (χ3n) is 2.50. The van der Waals surface area contributed by atoms with E-state index in [1.165, 1.54) is 12.1 Å². The number of fused-ring (bicyclic) bond motifs is 3. The van der Waals surface area contributed by atoms with Gasteiger partial charge in [0, 0.05) is 17.7 Å². The second-order valence-corrected chi connectivity index (χ2v) is 3.39. The molecule has 2 aliphatic rings. The van der Waals surface area contributed by atoms with E-state index in [0.717, 1.165) is 5.56 Å². The largest absolute Gasteiger partial charge is 0.490 e. The summed E-state index contributed by atoms with van der Waals surface area (Å²) in [7, 11) is 0. The van der Waals surface area contributed by atoms with Crippen molar-refractivity contribution in [3.8, 4) is 5.75 Å². The fourth-order valence-electron chi connectivity index (χ4n) is 1.72. The van der Waals surface area contributed by atoms with Crippen molar-refractivity contribution < 1.29 is 14.4 Å². The normalized spacial score (nSPS) is 27.1. The Morgan fingerprint density at radius 3 is 3.14 bits per heavy atom. The predicted octanol–water partition coefficient (Wildman–Crippen LogP) is 1.43. The molecule has 1 aromatic carbocycles. The molecule has 1 aromatic rings. The molecule has 1 fully saturated rings. The van der Waals surface area contributed by atoms with Crippen molar-refractivity contribution in [2.24, 2.45) is 0 Å². The lowest BCUT2D eigenvalue weighted by Crippen LogP contribution is -2.11. The van der Waals surface area contributed by atoms with Gasteiger partial charge in [0.2, 0.25) is 0 Å². The summed E-state index contributed by atoms with van der Waals surface area (Å²) >= 11 is 0. The average molecular weight is 193 g/mol. The minimum Gasteiger partial charge on any atom is -0.490 e. The number of hydrogen-bond acceptors (Lipinski definition) is 4. The molecular weight excluding hydrogens is 186 g/mol. The van der Waals surface area contributed by atoms with Gasteiger partial charge in [0.1, 0.15) is 24.6 Å². The van der Waals surface area contributed by atoms with E-state index >= 15 is 0 Å². The Kier molecular flexibility index (Phi) is 1.36. The van der Waals surface area contributed by atoms with Gasteiger partial charge in [0.15, 0.2) is 0 Å². The number of benzene rings is 1. The molecule has 3 rings (SSSR count). The molecule has 0 spiro atoms. The number of rotatable bonds is 1. The highest BCUT2D eigenvalue weighted by Gasteiger charge is 2.46. The van der Waals surface area contributed by atoms with E-state index in [1.807, 2.05) is 0 Å². The van der Waals surface area contributed by atoms with Crippen LogP contribution in [0.1, 0.15) is 11.7 Å². The van der Waals surface area contributed by atoms with Gasteiger partial charge >= 0.3 is 0 Å². The molecule has 0 radical (unpaired) electrons. The number of ether oxygens (including phenoxy) is 2. The molecule has 2 aliphatic heterocycles. The van der Waals surface area contributed by atoms with E-state index in [-0.39, 0.29) is 17.9 Å². The van der Waals surface area contributed by atoms with Gasteiger partial charge in [-0.25, -0.2) is 0 Å². The molecule has 2 heterocycles. The van der Waals surface area contributed by atoms with Crippen molar-refractivity contribution in [3.63, 3.8) is 0 Å². The molecule has 2 unspecified atom stereocenters. The molecule has 5 nitrogen and oxygen atoms in total. The molecule has 1 saturated heterocycles. The summed E-state index contributed by atoms with van der Waals surface area (Å²) in [5.74, 6) is 0.703. The van der Waals surface area contributed by atoms with Gasteiger partial charge in [-0.1, -0.05) is 0 Å². The Bertz CT molecular complexity index is 417. The summed E-state index contributed by atoms with van der Waals surface area (Å²) < 4.78 is 10.7. The number of nitrogens with zero attached hydrogens (tertiary/aromatic N) is 1. The maximum absolute atomic E-state index is 10.5. The zero-order valence-electron chi connectivity index (χ0n) is 7.17. The summed E-state index contributed by atoms with van der Waals surface area (Å²) in [6.07, 6.45) is 0.114. The lowest BCUT2D eigenvalue weighted by atomic mass is 10.1. The Hall–Kier alpha value is -1.62. The maximum Gasteiger partial charge on any atom is 0.270 e. The van der Waals surface area contributed by atoms with Crippen LogP contribution in [0.2, 0.25) is 0 Å². The molecule has 0 aromatic heterocycles. The van der Waals surface area contributed by atoms with Crippen LogP contribution in [0.15, 0.2) is 18.2 Å². The van der Waals surface area contributed by atoms with Crippen LogP contribution < -0.4 is 4.74 Å². The Morgan fingerprint density at radius 2 is 2.36 bits per heavy atom. The van der Waals surface area contributed by atoms with E-state index in [4.69, 9.17) is 9.47 Å². The van der Waals surface area contributed by atoms with Gasteiger partial charge < -0.3 is 9.47 Å². The van der Waals surface area contributed by atoms with Crippen molar-refractivity contribution >= 4 is 5.69 Å². The smallest absolute Gasteiger partial charge is 0.270 e. The Labute approximate surface area is 79.4 Å². The Balaban J connectivity index is 2.08. The molecule has 14 heavy (non-hydrogen) atoms. The number of non-ortho nitro benzene ring substituents is 1. The first kappa shape index (κ1) is 7.75. The third kappa shape index (κ3) is 0.990. The van der Waals surface area contributed by atoms with Gasteiger partial charge in [0.05, 0.1) is 4.92 Å². The minimum atomic E-state index is -0.410. The van der Waals surface area contributed by atoms with Gasteiger partial charge in [-0.2, -0.15) is 0 Å². The van der Waals surface area contributed by atoms with Crippen LogP contribution in [0.25, 0.3) is 0 Å². The molecule has 5 heteroatoms. The lowest BCUT2D eigenvalue weighted by Gasteiger charge is -2.12. The lowest BCUT2D eigenvalue weighted by molar-refractivity contribution is -0.385. The summed E-state index contributed by atoms with van der Waals surface area (Å²) in [5.41, 5.74) is 0.888. The van der Waals surface area contributed by atoms with Crippen LogP contribution in [0.3, 0.4) is 0 Å². The highest BCUT2D eigenvalue weighted by atomic mass is 16.6. The van der Waals surface area contributed by atoms with Gasteiger partial charge in [-0.15, -0.1) is 0 Å². The van der Waals surface area contributed by atoms with E-state index in [2.05, 4.69) is 0 Å². The standard InChI is InChI=1S/C9H7NO4/c11-10(12)5-1-2-7-6(3-5)9-8(14-9)4-13-7/h1-3,8-9H,4H2. The minimum absolute atomic E-state index is 0.0126. The highest BCUT2D eigenvalue weighted by molar-refractivity contribution is 5.47. The predicted molar refractivity (Wildman–Crippen MR) is 46.2 cm³/mol. The average Bonchev–Trinajstić information content (AvgIpc) is 2.95. The molecule has 0 aliphatic carbocycles. The van der Waals surface area contributed by atoms with Crippen LogP contribution in [0.4, 0.5) is 5.69 Å². The fraction of sp³-hybridized carbons (Fsp3) is 0.333. The summed E-state index contributed by atoms with van der Waals surface area (Å²) in [6.45, 7) is 0.551. The van der Waals surface area contributed by atoms with Crippen LogP contribution in [-0.4, -0.2) is 17.6 Å². The highest BCUT2D eigenvalue weighted by Crippen LogP contribution is 2.47. The van der Waals surface area contributed by atoms with Crippen molar-refractivity contribution in [3.05, 3.63) is 33.9 Å². The number of epoxide rings is 1. The molecule has 0 saturated carbocycles. The SMILES string of the molecule is O=[N+]([O-])c1ccc2c(c1)C1OC1CO2. The van der Waals surface area contributed by atoms with Gasteiger partial charge in [0.25, 0.3) is 5.69 Å². The zero-order chi connectivity index (χ0) is 9.71. The van der Waals surface area contributed by atoms with Crippen LogP contribution >= 0.6 is 0 Å². The summed E-state index contributed by atoms with van der Waals surface area (Å²) in [6, 6.07) is 4.60. The number of nitro benzene ring substituents is 1. The fourth-order valence-corrected chi connectivity index (χ4v) is 1.72. The monoisotopic (exact) mass is 193 g/mol. The summed E-state index contributed by atoms with van der Waals surface area (Å²) in [4.78, 5) is 10.1. The van der Waals surface area contributed by atoms with Crippen molar-refractivity contribution in [1.82, 2.24) is 0 Å². The van der Waals surface area contributed by atoms with Gasteiger partial charge in [-0.3, -0.25) is 10.1 Å². The zero-order valence-corrected chi connectivity index (χ0v) is 7.17. The Morgan fingerprint density at radius 1 is 1.50 bits per heavy atom. The molecular formula is C9H7NO4. The molecule has 2 atom stereocenters. The quantitative estimate of drug-likeness (QED) is 0.384. The molecule has 0 amide bonds. The van der Waals surface area contributed by atoms with Crippen LogP contribution in [-0.2, 0) is 4.74 Å². The van der Waals surface area contributed by atoms with E-state index < -0.39 is 4.92 Å². The second-order valence-electron chi connectivity index (χ2n) is 3.39. The topological polar surface area (TPSA) is 64.9 Å². The molecule has 72 valence electrons. The first-order valence-corrected chi connectivity index (χ1v) is 4.32. The van der Waals surface area contributed by atoms with E-state index in [0.29, 0.717) is 12.4 Å². The molecule has 0 N–H and O–H groups in total. The molecule has 0 bridgehead atoms. The first-order chi connectivity index (χ1) is 6.75. The van der Waals surface area contributed by atoms with Gasteiger partial charge in [-0.05, 0) is 6.07 Å². The summed E-state index contributed by atoms with van der Waals surface area (Å²) in [5, 5.41) is 10.5. The van der Waals surface area contributed by atoms with Crippen LogP contribution in [0, 0.1) is 10.1 Å². The van der Waals surface area contributed by atoms with Crippen molar-refractivity contribution in [1.29, 1.82) is 0 Å². The van der Waals surface area contributed by atoms with E-state index in [9.17, 15) is 10.1 Å². The van der Waals surface area contributed by atoms with Crippen molar-refractivity contribution in [2.75, 3.05) is 6.61 Å². The van der Waals surface area contributed by atoms with Crippen molar-refractivity contribution in [2.45, 2.75) is 12.2 Å². The first-order valence-electron chi connectivity index (χ1n) is 4.32. The maximum atomic E-state index is 10.5.